The topological polar surface area (TPSA) is 29.3 Å². The molecule has 0 amide bonds. The molecule has 2 unspecified atom stereocenters. The second-order valence-electron chi connectivity index (χ2n) is 5.72. The minimum atomic E-state index is 0.157. The summed E-state index contributed by atoms with van der Waals surface area (Å²) in [5.74, 6) is 1.72. The highest BCUT2D eigenvalue weighted by Gasteiger charge is 2.35. The van der Waals surface area contributed by atoms with Gasteiger partial charge in [-0.15, -0.1) is 0 Å². The average Bonchev–Trinajstić information content (AvgIpc) is 2.62. The fraction of sp³-hybridized carbons (Fsp3) is 1.00. The first-order chi connectivity index (χ1) is 6.59. The van der Waals surface area contributed by atoms with E-state index in [1.807, 2.05) is 0 Å². The Labute approximate surface area is 87.8 Å². The Morgan fingerprint density at radius 3 is 2.14 bits per heavy atom. The first kappa shape index (κ1) is 10.4. The molecule has 2 N–H and O–H groups in total. The lowest BCUT2D eigenvalue weighted by atomic mass is 9.99. The summed E-state index contributed by atoms with van der Waals surface area (Å²) in [6, 6.07) is 0. The number of likely N-dealkylation sites (tertiary alicyclic amines) is 1. The van der Waals surface area contributed by atoms with Gasteiger partial charge < -0.3 is 10.6 Å². The van der Waals surface area contributed by atoms with Gasteiger partial charge in [-0.25, -0.2) is 0 Å². The van der Waals surface area contributed by atoms with Crippen molar-refractivity contribution in [3.63, 3.8) is 0 Å². The molecule has 2 nitrogen and oxygen atoms in total. The summed E-state index contributed by atoms with van der Waals surface area (Å²) in [7, 11) is 0. The molecule has 0 radical (unpaired) electrons. The van der Waals surface area contributed by atoms with E-state index in [0.717, 1.165) is 18.4 Å². The highest BCUT2D eigenvalue weighted by Crippen LogP contribution is 2.30. The minimum Gasteiger partial charge on any atom is -0.324 e. The van der Waals surface area contributed by atoms with E-state index < -0.39 is 0 Å². The van der Waals surface area contributed by atoms with Gasteiger partial charge in [0.2, 0.25) is 0 Å². The average molecular weight is 196 g/mol. The van der Waals surface area contributed by atoms with Crippen molar-refractivity contribution in [1.29, 1.82) is 0 Å². The van der Waals surface area contributed by atoms with E-state index >= 15 is 0 Å². The van der Waals surface area contributed by atoms with E-state index in [0.29, 0.717) is 0 Å². The van der Waals surface area contributed by atoms with Gasteiger partial charge in [0.05, 0.1) is 0 Å². The molecule has 1 saturated heterocycles. The second-order valence-corrected chi connectivity index (χ2v) is 5.72. The molecule has 1 heterocycles. The first-order valence-electron chi connectivity index (χ1n) is 6.10. The van der Waals surface area contributed by atoms with E-state index in [1.165, 1.54) is 38.8 Å². The standard InChI is InChI=1S/C12H24N2/c1-10-7-14(8-11(10)2)9-12(13)5-3-4-6-12/h10-11H,3-9,13H2,1-2H3. The lowest BCUT2D eigenvalue weighted by Crippen LogP contribution is -2.47. The molecular formula is C12H24N2. The van der Waals surface area contributed by atoms with Crippen LogP contribution in [-0.2, 0) is 0 Å². The molecule has 82 valence electrons. The molecule has 0 aromatic carbocycles. The third-order valence-corrected chi connectivity index (χ3v) is 4.20. The zero-order valence-corrected chi connectivity index (χ0v) is 9.63. The van der Waals surface area contributed by atoms with Crippen LogP contribution in [0, 0.1) is 11.8 Å². The largest absolute Gasteiger partial charge is 0.324 e. The predicted octanol–water partition coefficient (Wildman–Crippen LogP) is 1.85. The molecule has 1 saturated carbocycles. The highest BCUT2D eigenvalue weighted by molar-refractivity contribution is 4.94. The summed E-state index contributed by atoms with van der Waals surface area (Å²) in [5, 5.41) is 0. The summed E-state index contributed by atoms with van der Waals surface area (Å²) in [5.41, 5.74) is 6.54. The summed E-state index contributed by atoms with van der Waals surface area (Å²) in [4.78, 5) is 2.58. The maximum Gasteiger partial charge on any atom is 0.0283 e. The summed E-state index contributed by atoms with van der Waals surface area (Å²) < 4.78 is 0. The molecular weight excluding hydrogens is 172 g/mol. The van der Waals surface area contributed by atoms with Crippen molar-refractivity contribution in [2.45, 2.75) is 45.1 Å². The maximum absolute atomic E-state index is 6.39. The van der Waals surface area contributed by atoms with Crippen molar-refractivity contribution >= 4 is 0 Å². The number of hydrogen-bond acceptors (Lipinski definition) is 2. The summed E-state index contributed by atoms with van der Waals surface area (Å²) in [6.07, 6.45) is 5.17. The van der Waals surface area contributed by atoms with E-state index in [-0.39, 0.29) is 5.54 Å². The Bertz CT molecular complexity index is 186. The predicted molar refractivity (Wildman–Crippen MR) is 60.2 cm³/mol. The van der Waals surface area contributed by atoms with Crippen LogP contribution in [0.2, 0.25) is 0 Å². The Hall–Kier alpha value is -0.0800. The third kappa shape index (κ3) is 2.12. The molecule has 14 heavy (non-hydrogen) atoms. The van der Waals surface area contributed by atoms with Crippen LogP contribution in [0.5, 0.6) is 0 Å². The molecule has 2 rings (SSSR count). The van der Waals surface area contributed by atoms with Gasteiger partial charge in [0.15, 0.2) is 0 Å². The molecule has 2 atom stereocenters. The van der Waals surface area contributed by atoms with E-state index in [4.69, 9.17) is 5.73 Å². The van der Waals surface area contributed by atoms with Crippen LogP contribution < -0.4 is 5.73 Å². The molecule has 1 aliphatic heterocycles. The maximum atomic E-state index is 6.39. The van der Waals surface area contributed by atoms with Crippen LogP contribution in [0.4, 0.5) is 0 Å². The minimum absolute atomic E-state index is 0.157. The molecule has 0 bridgehead atoms. The van der Waals surface area contributed by atoms with Gasteiger partial charge in [0.25, 0.3) is 0 Å². The molecule has 0 aromatic rings. The highest BCUT2D eigenvalue weighted by atomic mass is 15.2. The first-order valence-corrected chi connectivity index (χ1v) is 6.10. The molecule has 1 aliphatic carbocycles. The quantitative estimate of drug-likeness (QED) is 0.730. The van der Waals surface area contributed by atoms with Crippen molar-refractivity contribution in [1.82, 2.24) is 4.90 Å². The number of nitrogens with two attached hydrogens (primary N) is 1. The van der Waals surface area contributed by atoms with Crippen LogP contribution in [-0.4, -0.2) is 30.1 Å². The van der Waals surface area contributed by atoms with Crippen LogP contribution in [0.3, 0.4) is 0 Å². The molecule has 2 heteroatoms. The van der Waals surface area contributed by atoms with Crippen LogP contribution >= 0.6 is 0 Å². The number of hydrogen-bond donors (Lipinski definition) is 1. The Balaban J connectivity index is 1.86. The van der Waals surface area contributed by atoms with E-state index in [1.54, 1.807) is 0 Å². The molecule has 2 aliphatic rings. The lowest BCUT2D eigenvalue weighted by molar-refractivity contribution is 0.240. The normalized spacial score (nSPS) is 37.9. The van der Waals surface area contributed by atoms with Gasteiger partial charge in [0.1, 0.15) is 0 Å². The second kappa shape index (κ2) is 3.82. The van der Waals surface area contributed by atoms with Gasteiger partial charge in [-0.05, 0) is 24.7 Å². The van der Waals surface area contributed by atoms with Crippen molar-refractivity contribution in [2.75, 3.05) is 19.6 Å². The third-order valence-electron chi connectivity index (χ3n) is 4.20. The van der Waals surface area contributed by atoms with Gasteiger partial charge in [0, 0.05) is 25.2 Å². The Morgan fingerprint density at radius 2 is 1.64 bits per heavy atom. The molecule has 0 spiro atoms. The number of rotatable bonds is 2. The molecule has 0 aromatic heterocycles. The van der Waals surface area contributed by atoms with Crippen molar-refractivity contribution in [2.24, 2.45) is 17.6 Å². The SMILES string of the molecule is CC1CN(CC2(N)CCCC2)CC1C. The zero-order valence-electron chi connectivity index (χ0n) is 9.63. The van der Waals surface area contributed by atoms with Crippen molar-refractivity contribution < 1.29 is 0 Å². The summed E-state index contributed by atoms with van der Waals surface area (Å²) >= 11 is 0. The van der Waals surface area contributed by atoms with E-state index in [9.17, 15) is 0 Å². The smallest absolute Gasteiger partial charge is 0.0283 e. The Kier molecular flexibility index (Phi) is 2.85. The lowest BCUT2D eigenvalue weighted by Gasteiger charge is -2.29. The fourth-order valence-electron chi connectivity index (χ4n) is 3.06. The van der Waals surface area contributed by atoms with Crippen LogP contribution in [0.1, 0.15) is 39.5 Å². The van der Waals surface area contributed by atoms with Crippen LogP contribution in [0.15, 0.2) is 0 Å². The zero-order chi connectivity index (χ0) is 10.2. The van der Waals surface area contributed by atoms with Gasteiger partial charge in [-0.1, -0.05) is 26.7 Å². The number of nitrogens with zero attached hydrogens (tertiary/aromatic N) is 1. The monoisotopic (exact) mass is 196 g/mol. The van der Waals surface area contributed by atoms with Crippen molar-refractivity contribution in [3.8, 4) is 0 Å². The summed E-state index contributed by atoms with van der Waals surface area (Å²) in [6.45, 7) is 8.40. The van der Waals surface area contributed by atoms with Gasteiger partial charge >= 0.3 is 0 Å². The van der Waals surface area contributed by atoms with Gasteiger partial charge in [-0.2, -0.15) is 0 Å². The van der Waals surface area contributed by atoms with Crippen molar-refractivity contribution in [3.05, 3.63) is 0 Å². The fourth-order valence-corrected chi connectivity index (χ4v) is 3.06. The Morgan fingerprint density at radius 1 is 1.14 bits per heavy atom. The molecule has 2 fully saturated rings. The van der Waals surface area contributed by atoms with Gasteiger partial charge in [-0.3, -0.25) is 0 Å². The van der Waals surface area contributed by atoms with E-state index in [2.05, 4.69) is 18.7 Å². The van der Waals surface area contributed by atoms with Crippen LogP contribution in [0.25, 0.3) is 0 Å².